The van der Waals surface area contributed by atoms with Crippen molar-refractivity contribution < 1.29 is 9.90 Å². The fourth-order valence-electron chi connectivity index (χ4n) is 1.88. The maximum absolute atomic E-state index is 10.9. The Morgan fingerprint density at radius 2 is 2.13 bits per heavy atom. The molecule has 0 aliphatic heterocycles. The van der Waals surface area contributed by atoms with Crippen molar-refractivity contribution in [2.75, 3.05) is 0 Å². The number of phenolic OH excluding ortho intramolecular Hbond substituents is 1. The van der Waals surface area contributed by atoms with Crippen molar-refractivity contribution in [1.29, 1.82) is 0 Å². The maximum atomic E-state index is 10.9. The van der Waals surface area contributed by atoms with Gasteiger partial charge < -0.3 is 9.67 Å². The van der Waals surface area contributed by atoms with Crippen molar-refractivity contribution in [1.82, 2.24) is 4.57 Å². The summed E-state index contributed by atoms with van der Waals surface area (Å²) >= 11 is 3.26. The van der Waals surface area contributed by atoms with Crippen LogP contribution in [-0.2, 0) is 7.05 Å². The van der Waals surface area contributed by atoms with Gasteiger partial charge in [0.15, 0.2) is 6.29 Å². The van der Waals surface area contributed by atoms with Gasteiger partial charge >= 0.3 is 0 Å². The van der Waals surface area contributed by atoms with Gasteiger partial charge in [0.1, 0.15) is 5.75 Å². The second kappa shape index (κ2) is 3.38. The Kier molecular flexibility index (Phi) is 2.31. The minimum atomic E-state index is 0.189. The van der Waals surface area contributed by atoms with Gasteiger partial charge in [-0.1, -0.05) is 0 Å². The van der Waals surface area contributed by atoms with Crippen molar-refractivity contribution in [3.05, 3.63) is 27.9 Å². The molecule has 78 valence electrons. The molecular weight excluding hydrogens is 258 g/mol. The Labute approximate surface area is 95.5 Å². The SMILES string of the molecule is Cc1c(C=O)n(C)c2ccc(Br)c(O)c12. The lowest BCUT2D eigenvalue weighted by Gasteiger charge is -2.00. The number of aryl methyl sites for hydroxylation is 2. The third-order valence-electron chi connectivity index (χ3n) is 2.70. The van der Waals surface area contributed by atoms with Crippen LogP contribution in [0.5, 0.6) is 5.75 Å². The molecule has 1 aromatic carbocycles. The van der Waals surface area contributed by atoms with Gasteiger partial charge in [-0.15, -0.1) is 0 Å². The van der Waals surface area contributed by atoms with Gasteiger partial charge in [0.2, 0.25) is 0 Å². The van der Waals surface area contributed by atoms with E-state index in [1.54, 1.807) is 10.6 Å². The zero-order chi connectivity index (χ0) is 11.2. The first-order chi connectivity index (χ1) is 7.07. The van der Waals surface area contributed by atoms with Crippen LogP contribution in [0.4, 0.5) is 0 Å². The van der Waals surface area contributed by atoms with Gasteiger partial charge in [-0.3, -0.25) is 4.79 Å². The number of aromatic nitrogens is 1. The van der Waals surface area contributed by atoms with Crippen molar-refractivity contribution in [2.45, 2.75) is 6.92 Å². The highest BCUT2D eigenvalue weighted by Crippen LogP contribution is 2.36. The zero-order valence-electron chi connectivity index (χ0n) is 8.41. The zero-order valence-corrected chi connectivity index (χ0v) is 10.00. The van der Waals surface area contributed by atoms with Gasteiger partial charge in [-0.25, -0.2) is 0 Å². The summed E-state index contributed by atoms with van der Waals surface area (Å²) in [7, 11) is 1.81. The highest BCUT2D eigenvalue weighted by atomic mass is 79.9. The number of carbonyl (C=O) groups excluding carboxylic acids is 1. The predicted octanol–water partition coefficient (Wildman–Crippen LogP) is 2.77. The van der Waals surface area contributed by atoms with Crippen LogP contribution in [0, 0.1) is 6.92 Å². The number of hydrogen-bond donors (Lipinski definition) is 1. The van der Waals surface area contributed by atoms with Gasteiger partial charge in [0.05, 0.1) is 15.7 Å². The van der Waals surface area contributed by atoms with Crippen molar-refractivity contribution >= 4 is 33.1 Å². The second-order valence-electron chi connectivity index (χ2n) is 3.48. The van der Waals surface area contributed by atoms with Crippen LogP contribution in [0.3, 0.4) is 0 Å². The first-order valence-corrected chi connectivity index (χ1v) is 5.29. The molecule has 0 aliphatic rings. The summed E-state index contributed by atoms with van der Waals surface area (Å²) in [4.78, 5) is 10.9. The number of phenols is 1. The molecule has 1 N–H and O–H groups in total. The number of rotatable bonds is 1. The van der Waals surface area contributed by atoms with Crippen molar-refractivity contribution in [2.24, 2.45) is 7.05 Å². The maximum Gasteiger partial charge on any atom is 0.166 e. The van der Waals surface area contributed by atoms with E-state index in [2.05, 4.69) is 15.9 Å². The minimum Gasteiger partial charge on any atom is -0.506 e. The van der Waals surface area contributed by atoms with E-state index in [0.29, 0.717) is 10.2 Å². The molecular formula is C11H10BrNO2. The molecule has 0 amide bonds. The van der Waals surface area contributed by atoms with Crippen LogP contribution < -0.4 is 0 Å². The molecule has 4 heteroatoms. The fourth-order valence-corrected chi connectivity index (χ4v) is 2.21. The van der Waals surface area contributed by atoms with E-state index in [0.717, 1.165) is 22.8 Å². The average Bonchev–Trinajstić information content (AvgIpc) is 2.45. The smallest absolute Gasteiger partial charge is 0.166 e. The van der Waals surface area contributed by atoms with Gasteiger partial charge in [0, 0.05) is 12.4 Å². The van der Waals surface area contributed by atoms with E-state index in [1.807, 2.05) is 20.0 Å². The molecule has 0 saturated heterocycles. The van der Waals surface area contributed by atoms with Gasteiger partial charge in [0.25, 0.3) is 0 Å². The van der Waals surface area contributed by atoms with Crippen molar-refractivity contribution in [3.8, 4) is 5.75 Å². The van der Waals surface area contributed by atoms with E-state index in [1.165, 1.54) is 0 Å². The fraction of sp³-hybridized carbons (Fsp3) is 0.182. The summed E-state index contributed by atoms with van der Waals surface area (Å²) in [6.45, 7) is 1.83. The number of nitrogens with zero attached hydrogens (tertiary/aromatic N) is 1. The molecule has 0 saturated carbocycles. The summed E-state index contributed by atoms with van der Waals surface area (Å²) in [5.74, 6) is 0.189. The number of carbonyl (C=O) groups is 1. The minimum absolute atomic E-state index is 0.189. The number of aldehydes is 1. The normalized spacial score (nSPS) is 10.9. The lowest BCUT2D eigenvalue weighted by atomic mass is 10.1. The summed E-state index contributed by atoms with van der Waals surface area (Å²) < 4.78 is 2.42. The van der Waals surface area contributed by atoms with Crippen LogP contribution in [0.2, 0.25) is 0 Å². The first kappa shape index (κ1) is 10.2. The van der Waals surface area contributed by atoms with E-state index in [4.69, 9.17) is 0 Å². The average molecular weight is 268 g/mol. The third kappa shape index (κ3) is 1.28. The standard InChI is InChI=1S/C11H10BrNO2/c1-6-9(5-14)13(2)8-4-3-7(12)11(15)10(6)8/h3-5,15H,1-2H3. The van der Waals surface area contributed by atoms with Crippen LogP contribution in [0.15, 0.2) is 16.6 Å². The lowest BCUT2D eigenvalue weighted by Crippen LogP contribution is -1.94. The Hall–Kier alpha value is -1.29. The quantitative estimate of drug-likeness (QED) is 0.808. The lowest BCUT2D eigenvalue weighted by molar-refractivity contribution is 0.111. The largest absolute Gasteiger partial charge is 0.506 e. The van der Waals surface area contributed by atoms with E-state index in [9.17, 15) is 9.90 Å². The molecule has 2 rings (SSSR count). The molecule has 0 unspecified atom stereocenters. The molecule has 0 aliphatic carbocycles. The molecule has 3 nitrogen and oxygen atoms in total. The Balaban J connectivity index is 3.02. The molecule has 0 atom stereocenters. The molecule has 15 heavy (non-hydrogen) atoms. The van der Waals surface area contributed by atoms with E-state index < -0.39 is 0 Å². The third-order valence-corrected chi connectivity index (χ3v) is 3.34. The molecule has 1 heterocycles. The van der Waals surface area contributed by atoms with E-state index in [-0.39, 0.29) is 5.75 Å². The summed E-state index contributed by atoms with van der Waals surface area (Å²) in [6.07, 6.45) is 0.808. The van der Waals surface area contributed by atoms with Crippen LogP contribution in [-0.4, -0.2) is 16.0 Å². The number of aromatic hydroxyl groups is 1. The first-order valence-electron chi connectivity index (χ1n) is 4.49. The number of hydrogen-bond acceptors (Lipinski definition) is 2. The number of benzene rings is 1. The Morgan fingerprint density at radius 1 is 1.47 bits per heavy atom. The highest BCUT2D eigenvalue weighted by Gasteiger charge is 2.15. The predicted molar refractivity (Wildman–Crippen MR) is 62.4 cm³/mol. The number of halogens is 1. The molecule has 1 aromatic heterocycles. The Morgan fingerprint density at radius 3 is 2.73 bits per heavy atom. The molecule has 0 bridgehead atoms. The monoisotopic (exact) mass is 267 g/mol. The van der Waals surface area contributed by atoms with Crippen LogP contribution >= 0.6 is 15.9 Å². The van der Waals surface area contributed by atoms with Gasteiger partial charge in [-0.05, 0) is 40.5 Å². The van der Waals surface area contributed by atoms with Crippen LogP contribution in [0.1, 0.15) is 16.1 Å². The summed E-state index contributed by atoms with van der Waals surface area (Å²) in [6, 6.07) is 3.64. The topological polar surface area (TPSA) is 42.2 Å². The number of fused-ring (bicyclic) bond motifs is 1. The Bertz CT molecular complexity index is 557. The summed E-state index contributed by atoms with van der Waals surface area (Å²) in [5, 5.41) is 10.6. The molecule has 0 radical (unpaired) electrons. The van der Waals surface area contributed by atoms with Gasteiger partial charge in [-0.2, -0.15) is 0 Å². The van der Waals surface area contributed by atoms with Crippen LogP contribution in [0.25, 0.3) is 10.9 Å². The molecule has 0 fully saturated rings. The molecule has 2 aromatic rings. The van der Waals surface area contributed by atoms with E-state index >= 15 is 0 Å². The van der Waals surface area contributed by atoms with Crippen molar-refractivity contribution in [3.63, 3.8) is 0 Å². The highest BCUT2D eigenvalue weighted by molar-refractivity contribution is 9.10. The summed E-state index contributed by atoms with van der Waals surface area (Å²) in [5.41, 5.74) is 2.26. The molecule has 0 spiro atoms. The second-order valence-corrected chi connectivity index (χ2v) is 4.33.